The molecule has 2 aromatic heterocycles. The molecule has 2 aliphatic rings. The Labute approximate surface area is 135 Å². The molecular weight excluding hydrogens is 290 g/mol. The zero-order valence-corrected chi connectivity index (χ0v) is 13.1. The van der Waals surface area contributed by atoms with Crippen LogP contribution in [0.1, 0.15) is 35.8 Å². The van der Waals surface area contributed by atoms with Crippen molar-refractivity contribution in [1.29, 1.82) is 0 Å². The van der Waals surface area contributed by atoms with Gasteiger partial charge in [-0.2, -0.15) is 0 Å². The van der Waals surface area contributed by atoms with E-state index in [1.54, 1.807) is 25.5 Å². The van der Waals surface area contributed by atoms with Gasteiger partial charge in [-0.1, -0.05) is 5.92 Å². The number of nitrogens with zero attached hydrogens (tertiary/aromatic N) is 2. The first-order chi connectivity index (χ1) is 11.2. The minimum atomic E-state index is -0.126. The summed E-state index contributed by atoms with van der Waals surface area (Å²) in [5.74, 6) is 6.42. The fourth-order valence-corrected chi connectivity index (χ4v) is 3.70. The minimum absolute atomic E-state index is 0.126. The Balaban J connectivity index is 1.51. The van der Waals surface area contributed by atoms with Crippen molar-refractivity contribution in [3.05, 3.63) is 29.8 Å². The van der Waals surface area contributed by atoms with Gasteiger partial charge in [-0.05, 0) is 32.2 Å². The molecule has 3 atom stereocenters. The summed E-state index contributed by atoms with van der Waals surface area (Å²) in [5.41, 5.74) is 1.85. The SMILES string of the molecule is CC#Cc1coc2cc(C(=O)N[C@@H]3C[C@H]4CCN(C4)C3)ncc12. The molecule has 2 aromatic rings. The molecule has 0 spiro atoms. The number of hydrogen-bond donors (Lipinski definition) is 1. The molecule has 2 aliphatic heterocycles. The first kappa shape index (κ1) is 14.3. The van der Waals surface area contributed by atoms with E-state index >= 15 is 0 Å². The number of aromatic nitrogens is 1. The minimum Gasteiger partial charge on any atom is -0.463 e. The predicted octanol–water partition coefficient (Wildman–Crippen LogP) is 2.02. The number of furan rings is 1. The predicted molar refractivity (Wildman–Crippen MR) is 87.0 cm³/mol. The van der Waals surface area contributed by atoms with Crippen LogP contribution in [0, 0.1) is 17.8 Å². The second kappa shape index (κ2) is 5.71. The highest BCUT2D eigenvalue weighted by atomic mass is 16.3. The molecule has 23 heavy (non-hydrogen) atoms. The average Bonchev–Trinajstić information content (AvgIpc) is 3.10. The Kier molecular flexibility index (Phi) is 3.55. The van der Waals surface area contributed by atoms with Crippen LogP contribution in [-0.4, -0.2) is 41.5 Å². The third kappa shape index (κ3) is 2.71. The van der Waals surface area contributed by atoms with Crippen molar-refractivity contribution in [2.45, 2.75) is 25.8 Å². The van der Waals surface area contributed by atoms with E-state index in [2.05, 4.69) is 27.0 Å². The van der Waals surface area contributed by atoms with Crippen LogP contribution in [0.15, 0.2) is 22.9 Å². The van der Waals surface area contributed by atoms with Crippen molar-refractivity contribution in [2.24, 2.45) is 5.92 Å². The zero-order chi connectivity index (χ0) is 15.8. The molecule has 0 saturated carbocycles. The maximum absolute atomic E-state index is 12.5. The average molecular weight is 309 g/mol. The van der Waals surface area contributed by atoms with Gasteiger partial charge in [-0.15, -0.1) is 5.92 Å². The highest BCUT2D eigenvalue weighted by molar-refractivity contribution is 5.96. The number of piperidine rings is 1. The van der Waals surface area contributed by atoms with Crippen molar-refractivity contribution < 1.29 is 9.21 Å². The Morgan fingerprint density at radius 3 is 3.22 bits per heavy atom. The molecular formula is C18H19N3O2. The molecule has 5 nitrogen and oxygen atoms in total. The van der Waals surface area contributed by atoms with Gasteiger partial charge in [0.05, 0.1) is 10.9 Å². The van der Waals surface area contributed by atoms with Crippen molar-refractivity contribution in [3.63, 3.8) is 0 Å². The Morgan fingerprint density at radius 2 is 2.39 bits per heavy atom. The van der Waals surface area contributed by atoms with Gasteiger partial charge in [-0.25, -0.2) is 0 Å². The van der Waals surface area contributed by atoms with E-state index in [9.17, 15) is 4.79 Å². The number of carbonyl (C=O) groups is 1. The molecule has 5 heteroatoms. The van der Waals surface area contributed by atoms with Gasteiger partial charge >= 0.3 is 0 Å². The second-order valence-corrected chi connectivity index (χ2v) is 6.41. The van der Waals surface area contributed by atoms with Crippen molar-refractivity contribution in [1.82, 2.24) is 15.2 Å². The fraction of sp³-hybridized carbons (Fsp3) is 0.444. The molecule has 1 amide bonds. The number of amides is 1. The molecule has 118 valence electrons. The standard InChI is InChI=1S/C18H19N3O2/c1-2-3-13-11-23-17-7-16(19-8-15(13)17)18(22)20-14-6-12-4-5-21(9-12)10-14/h7-8,11-12,14H,4-6,9-10H2,1H3,(H,20,22)/t12-,14-/m1/s1. The third-order valence-electron chi connectivity index (χ3n) is 4.75. The van der Waals surface area contributed by atoms with Crippen molar-refractivity contribution >= 4 is 16.9 Å². The topological polar surface area (TPSA) is 58.4 Å². The van der Waals surface area contributed by atoms with E-state index in [0.29, 0.717) is 11.3 Å². The summed E-state index contributed by atoms with van der Waals surface area (Å²) in [7, 11) is 0. The van der Waals surface area contributed by atoms with Gasteiger partial charge in [0.1, 0.15) is 17.5 Å². The van der Waals surface area contributed by atoms with Crippen molar-refractivity contribution in [2.75, 3.05) is 19.6 Å². The first-order valence-electron chi connectivity index (χ1n) is 8.06. The van der Waals surface area contributed by atoms with E-state index in [1.165, 1.54) is 13.0 Å². The second-order valence-electron chi connectivity index (χ2n) is 6.41. The van der Waals surface area contributed by atoms with Crippen LogP contribution in [-0.2, 0) is 0 Å². The Hall–Kier alpha value is -2.32. The summed E-state index contributed by atoms with van der Waals surface area (Å²) < 4.78 is 5.50. The van der Waals surface area contributed by atoms with E-state index in [1.807, 2.05) is 0 Å². The summed E-state index contributed by atoms with van der Waals surface area (Å²) in [5, 5.41) is 3.97. The lowest BCUT2D eigenvalue weighted by Crippen LogP contribution is -2.47. The number of nitrogens with one attached hydrogen (secondary N) is 1. The number of rotatable bonds is 2. The van der Waals surface area contributed by atoms with Gasteiger partial charge in [-0.3, -0.25) is 9.78 Å². The molecule has 4 heterocycles. The van der Waals surface area contributed by atoms with Gasteiger partial charge < -0.3 is 14.6 Å². The number of carbonyl (C=O) groups excluding carboxylic acids is 1. The van der Waals surface area contributed by atoms with Crippen molar-refractivity contribution in [3.8, 4) is 11.8 Å². The van der Waals surface area contributed by atoms with Gasteiger partial charge in [0.25, 0.3) is 5.91 Å². The summed E-state index contributed by atoms with van der Waals surface area (Å²) in [6, 6.07) is 1.92. The normalized spacial score (nSPS) is 25.9. The van der Waals surface area contributed by atoms with Crippen LogP contribution in [0.2, 0.25) is 0 Å². The lowest BCUT2D eigenvalue weighted by Gasteiger charge is -2.30. The first-order valence-corrected chi connectivity index (χ1v) is 8.06. The van der Waals surface area contributed by atoms with E-state index in [4.69, 9.17) is 4.42 Å². The fourth-order valence-electron chi connectivity index (χ4n) is 3.70. The van der Waals surface area contributed by atoms with E-state index in [-0.39, 0.29) is 11.9 Å². The molecule has 1 unspecified atom stereocenters. The van der Waals surface area contributed by atoms with Crippen LogP contribution >= 0.6 is 0 Å². The summed E-state index contributed by atoms with van der Waals surface area (Å²) in [4.78, 5) is 19.2. The molecule has 4 rings (SSSR count). The summed E-state index contributed by atoms with van der Waals surface area (Å²) in [6.45, 7) is 5.07. The largest absolute Gasteiger partial charge is 0.463 e. The monoisotopic (exact) mass is 309 g/mol. The lowest BCUT2D eigenvalue weighted by atomic mass is 9.97. The quantitative estimate of drug-likeness (QED) is 0.862. The number of hydrogen-bond acceptors (Lipinski definition) is 4. The molecule has 1 N–H and O–H groups in total. The van der Waals surface area contributed by atoms with Crippen LogP contribution in [0.5, 0.6) is 0 Å². The lowest BCUT2D eigenvalue weighted by molar-refractivity contribution is 0.0904. The van der Waals surface area contributed by atoms with Gasteiger partial charge in [0, 0.05) is 31.4 Å². The highest BCUT2D eigenvalue weighted by Gasteiger charge is 2.33. The van der Waals surface area contributed by atoms with E-state index in [0.717, 1.165) is 36.4 Å². The maximum atomic E-state index is 12.5. The number of pyridine rings is 1. The van der Waals surface area contributed by atoms with E-state index < -0.39 is 0 Å². The molecule has 0 aliphatic carbocycles. The third-order valence-corrected chi connectivity index (χ3v) is 4.75. The maximum Gasteiger partial charge on any atom is 0.270 e. The highest BCUT2D eigenvalue weighted by Crippen LogP contribution is 2.27. The van der Waals surface area contributed by atoms with Crippen LogP contribution in [0.4, 0.5) is 0 Å². The zero-order valence-electron chi connectivity index (χ0n) is 13.1. The smallest absolute Gasteiger partial charge is 0.270 e. The van der Waals surface area contributed by atoms with Gasteiger partial charge in [0.2, 0.25) is 0 Å². The molecule has 2 fully saturated rings. The number of fused-ring (bicyclic) bond motifs is 3. The molecule has 2 bridgehead atoms. The summed E-state index contributed by atoms with van der Waals surface area (Å²) in [6.07, 6.45) is 5.60. The summed E-state index contributed by atoms with van der Waals surface area (Å²) >= 11 is 0. The van der Waals surface area contributed by atoms with Gasteiger partial charge in [0.15, 0.2) is 0 Å². The molecule has 0 aromatic carbocycles. The molecule has 2 saturated heterocycles. The van der Waals surface area contributed by atoms with Crippen LogP contribution in [0.25, 0.3) is 11.0 Å². The van der Waals surface area contributed by atoms with Crippen LogP contribution < -0.4 is 5.32 Å². The molecule has 0 radical (unpaired) electrons. The van der Waals surface area contributed by atoms with Crippen LogP contribution in [0.3, 0.4) is 0 Å². The Morgan fingerprint density at radius 1 is 1.48 bits per heavy atom. The Bertz CT molecular complexity index is 803.